The van der Waals surface area contributed by atoms with E-state index in [0.29, 0.717) is 5.75 Å². The van der Waals surface area contributed by atoms with Crippen molar-refractivity contribution in [1.29, 1.82) is 0 Å². The fraction of sp³-hybridized carbons (Fsp3) is 0.412. The van der Waals surface area contributed by atoms with Crippen LogP contribution >= 0.6 is 11.8 Å². The summed E-state index contributed by atoms with van der Waals surface area (Å²) in [5, 5.41) is 18.3. The van der Waals surface area contributed by atoms with Gasteiger partial charge in [-0.3, -0.25) is 0 Å². The normalized spacial score (nSPS) is 15.0. The lowest BCUT2D eigenvalue weighted by Crippen LogP contribution is -2.46. The molecule has 5 nitrogen and oxygen atoms in total. The van der Waals surface area contributed by atoms with Gasteiger partial charge in [0.05, 0.1) is 6.61 Å². The second-order valence-electron chi connectivity index (χ2n) is 5.61. The second-order valence-corrected chi connectivity index (χ2v) is 6.73. The van der Waals surface area contributed by atoms with Crippen molar-refractivity contribution in [3.8, 4) is 0 Å². The van der Waals surface area contributed by atoms with Gasteiger partial charge in [-0.25, -0.2) is 0 Å². The van der Waals surface area contributed by atoms with Crippen LogP contribution in [0.1, 0.15) is 5.56 Å². The van der Waals surface area contributed by atoms with Crippen LogP contribution in [-0.2, 0) is 0 Å². The minimum Gasteiger partial charge on any atom is -0.396 e. The smallest absolute Gasteiger partial charge is 0.151 e. The van der Waals surface area contributed by atoms with E-state index in [9.17, 15) is 0 Å². The minimum absolute atomic E-state index is 0.162. The molecule has 0 atom stereocenters. The summed E-state index contributed by atoms with van der Waals surface area (Å²) in [4.78, 5) is 4.70. The van der Waals surface area contributed by atoms with Gasteiger partial charge in [0, 0.05) is 37.6 Å². The molecule has 0 aliphatic carbocycles. The zero-order chi connectivity index (χ0) is 16.1. The van der Waals surface area contributed by atoms with E-state index < -0.39 is 0 Å². The van der Waals surface area contributed by atoms with E-state index in [1.165, 1.54) is 23.0 Å². The van der Waals surface area contributed by atoms with Crippen molar-refractivity contribution in [3.63, 3.8) is 0 Å². The number of aliphatic hydroxyl groups excluding tert-OH is 1. The number of hydrogen-bond donors (Lipinski definition) is 1. The van der Waals surface area contributed by atoms with E-state index >= 15 is 0 Å². The molecule has 1 aliphatic rings. The third-order valence-corrected chi connectivity index (χ3v) is 4.84. The topological polar surface area (TPSA) is 52.5 Å². The summed E-state index contributed by atoms with van der Waals surface area (Å²) < 4.78 is 0. The molecular formula is C17H22N4OS. The minimum atomic E-state index is 0.162. The lowest BCUT2D eigenvalue weighted by Gasteiger charge is -2.36. The molecule has 1 saturated heterocycles. The zero-order valence-electron chi connectivity index (χ0n) is 13.4. The maximum absolute atomic E-state index is 8.84. The molecule has 3 rings (SSSR count). The third-order valence-electron chi connectivity index (χ3n) is 3.94. The van der Waals surface area contributed by atoms with Crippen LogP contribution in [0.25, 0.3) is 0 Å². The fourth-order valence-electron chi connectivity index (χ4n) is 2.73. The number of rotatable bonds is 5. The number of thioether (sulfide) groups is 1. The van der Waals surface area contributed by atoms with Gasteiger partial charge in [0.25, 0.3) is 0 Å². The van der Waals surface area contributed by atoms with Crippen molar-refractivity contribution >= 4 is 23.3 Å². The Morgan fingerprint density at radius 2 is 1.83 bits per heavy atom. The second kappa shape index (κ2) is 7.66. The van der Waals surface area contributed by atoms with Crippen molar-refractivity contribution in [1.82, 2.24) is 10.2 Å². The predicted molar refractivity (Wildman–Crippen MR) is 95.4 cm³/mol. The lowest BCUT2D eigenvalue weighted by molar-refractivity contribution is 0.322. The van der Waals surface area contributed by atoms with Crippen molar-refractivity contribution in [2.75, 3.05) is 48.3 Å². The van der Waals surface area contributed by atoms with E-state index in [2.05, 4.69) is 51.2 Å². The summed E-state index contributed by atoms with van der Waals surface area (Å²) >= 11 is 1.52. The first-order valence-electron chi connectivity index (χ1n) is 7.90. The number of aryl methyl sites for hydroxylation is 1. The van der Waals surface area contributed by atoms with Gasteiger partial charge in [-0.15, -0.1) is 22.0 Å². The zero-order valence-corrected chi connectivity index (χ0v) is 14.2. The highest BCUT2D eigenvalue weighted by Gasteiger charge is 2.18. The highest BCUT2D eigenvalue weighted by Crippen LogP contribution is 2.21. The molecule has 0 spiro atoms. The highest BCUT2D eigenvalue weighted by atomic mass is 32.2. The number of benzene rings is 1. The van der Waals surface area contributed by atoms with Gasteiger partial charge in [0.2, 0.25) is 0 Å². The summed E-state index contributed by atoms with van der Waals surface area (Å²) in [6.45, 7) is 6.18. The molecule has 0 saturated carbocycles. The van der Waals surface area contributed by atoms with Gasteiger partial charge in [0.1, 0.15) is 5.03 Å². The van der Waals surface area contributed by atoms with E-state index in [1.807, 2.05) is 12.1 Å². The summed E-state index contributed by atoms with van der Waals surface area (Å²) in [5.74, 6) is 1.59. The van der Waals surface area contributed by atoms with E-state index in [-0.39, 0.29) is 6.61 Å². The molecule has 6 heteroatoms. The maximum Gasteiger partial charge on any atom is 0.151 e. The number of aliphatic hydroxyl groups is 1. The van der Waals surface area contributed by atoms with Crippen LogP contribution in [0.2, 0.25) is 0 Å². The summed E-state index contributed by atoms with van der Waals surface area (Å²) in [5.41, 5.74) is 2.60. The van der Waals surface area contributed by atoms with Crippen molar-refractivity contribution < 1.29 is 5.11 Å². The fourth-order valence-corrected chi connectivity index (χ4v) is 3.29. The number of hydrogen-bond acceptors (Lipinski definition) is 6. The van der Waals surface area contributed by atoms with Gasteiger partial charge >= 0.3 is 0 Å². The molecule has 1 aromatic carbocycles. The molecule has 0 radical (unpaired) electrons. The van der Waals surface area contributed by atoms with Crippen molar-refractivity contribution in [2.24, 2.45) is 0 Å². The Balaban J connectivity index is 1.58. The first-order valence-corrected chi connectivity index (χ1v) is 8.89. The number of nitrogens with zero attached hydrogens (tertiary/aromatic N) is 4. The predicted octanol–water partition coefficient (Wildman–Crippen LogP) is 2.20. The molecule has 0 unspecified atom stereocenters. The Hall–Kier alpha value is -1.79. The highest BCUT2D eigenvalue weighted by molar-refractivity contribution is 7.99. The van der Waals surface area contributed by atoms with Crippen LogP contribution in [-0.4, -0.2) is 53.8 Å². The van der Waals surface area contributed by atoms with E-state index in [0.717, 1.165) is 37.0 Å². The number of aromatic nitrogens is 2. The first kappa shape index (κ1) is 16.1. The number of piperazine rings is 1. The maximum atomic E-state index is 8.84. The monoisotopic (exact) mass is 330 g/mol. The van der Waals surface area contributed by atoms with Crippen LogP contribution in [0.5, 0.6) is 0 Å². The van der Waals surface area contributed by atoms with Crippen LogP contribution in [0, 0.1) is 6.92 Å². The Kier molecular flexibility index (Phi) is 5.35. The molecule has 1 aliphatic heterocycles. The molecule has 1 aromatic heterocycles. The van der Waals surface area contributed by atoms with Crippen LogP contribution in [0.3, 0.4) is 0 Å². The number of anilines is 2. The van der Waals surface area contributed by atoms with Crippen LogP contribution in [0.4, 0.5) is 11.5 Å². The molecule has 1 N–H and O–H groups in total. The van der Waals surface area contributed by atoms with E-state index in [1.54, 1.807) is 0 Å². The Bertz CT molecular complexity index is 627. The largest absolute Gasteiger partial charge is 0.396 e. The molecule has 0 amide bonds. The summed E-state index contributed by atoms with van der Waals surface area (Å²) in [6, 6.07) is 12.7. The Labute approximate surface area is 141 Å². The van der Waals surface area contributed by atoms with Crippen molar-refractivity contribution in [2.45, 2.75) is 11.9 Å². The van der Waals surface area contributed by atoms with Gasteiger partial charge in [0.15, 0.2) is 5.82 Å². The van der Waals surface area contributed by atoms with Gasteiger partial charge < -0.3 is 14.9 Å². The van der Waals surface area contributed by atoms with Crippen molar-refractivity contribution in [3.05, 3.63) is 42.0 Å². The van der Waals surface area contributed by atoms with Gasteiger partial charge in [-0.2, -0.15) is 0 Å². The molecule has 2 aromatic rings. The molecule has 2 heterocycles. The molecule has 23 heavy (non-hydrogen) atoms. The Morgan fingerprint density at radius 1 is 1.04 bits per heavy atom. The van der Waals surface area contributed by atoms with Crippen LogP contribution in [0.15, 0.2) is 41.4 Å². The van der Waals surface area contributed by atoms with Gasteiger partial charge in [-0.05, 0) is 36.8 Å². The van der Waals surface area contributed by atoms with Gasteiger partial charge in [-0.1, -0.05) is 12.1 Å². The first-order chi connectivity index (χ1) is 11.3. The average molecular weight is 330 g/mol. The summed E-state index contributed by atoms with van der Waals surface area (Å²) in [6.07, 6.45) is 0. The Morgan fingerprint density at radius 3 is 2.48 bits per heavy atom. The molecule has 1 fully saturated rings. The molecule has 122 valence electrons. The lowest BCUT2D eigenvalue weighted by atomic mass is 10.2. The van der Waals surface area contributed by atoms with Crippen LogP contribution < -0.4 is 9.80 Å². The standard InChI is InChI=1S/C17H22N4OS/c1-14-3-2-4-15(13-14)20-7-9-21(10-8-20)16-5-6-17(19-18-16)23-12-11-22/h2-6,13,22H,7-12H2,1H3. The third kappa shape index (κ3) is 4.14. The van der Waals surface area contributed by atoms with E-state index in [4.69, 9.17) is 5.11 Å². The molecule has 0 bridgehead atoms. The average Bonchev–Trinajstić information content (AvgIpc) is 2.61. The SMILES string of the molecule is Cc1cccc(N2CCN(c3ccc(SCCO)nn3)CC2)c1. The molecular weight excluding hydrogens is 308 g/mol. The summed E-state index contributed by atoms with van der Waals surface area (Å²) in [7, 11) is 0. The quantitative estimate of drug-likeness (QED) is 0.848.